The summed E-state index contributed by atoms with van der Waals surface area (Å²) in [5.74, 6) is -0.432. The second kappa shape index (κ2) is 7.60. The Hall–Kier alpha value is -1.79. The van der Waals surface area contributed by atoms with E-state index in [0.29, 0.717) is 19.3 Å². The van der Waals surface area contributed by atoms with Gasteiger partial charge in [0.1, 0.15) is 6.10 Å². The van der Waals surface area contributed by atoms with E-state index in [9.17, 15) is 20.0 Å². The number of unbranched alkanes of at least 4 members (excludes halogenated alkanes) is 2. The molecule has 0 fully saturated rings. The van der Waals surface area contributed by atoms with Crippen molar-refractivity contribution in [2.75, 3.05) is 6.61 Å². The lowest BCUT2D eigenvalue weighted by atomic mass is 10.0. The molecule has 0 bridgehead atoms. The monoisotopic (exact) mass is 267 g/mol. The molecular formula is C13H17NO5. The number of nitrogens with zero attached hydrogens (tertiary/aromatic N) is 1. The molecule has 1 unspecified atom stereocenters. The fraction of sp³-hybridized carbons (Fsp3) is 0.462. The summed E-state index contributed by atoms with van der Waals surface area (Å²) in [6, 6.07) is 5.17. The second-order valence-corrected chi connectivity index (χ2v) is 4.26. The van der Waals surface area contributed by atoms with Gasteiger partial charge in [-0.25, -0.2) is 0 Å². The number of rotatable bonds is 8. The summed E-state index contributed by atoms with van der Waals surface area (Å²) < 4.78 is 0. The first kappa shape index (κ1) is 15.3. The minimum absolute atomic E-state index is 0.0889. The number of Topliss-reactive ketones (excluding diaryl/α,β-unsaturated/α-hetero) is 1. The molecule has 19 heavy (non-hydrogen) atoms. The first-order valence-corrected chi connectivity index (χ1v) is 6.14. The van der Waals surface area contributed by atoms with Gasteiger partial charge in [-0.15, -0.1) is 0 Å². The molecule has 0 aliphatic rings. The highest BCUT2D eigenvalue weighted by Gasteiger charge is 2.17. The predicted molar refractivity (Wildman–Crippen MR) is 69.0 cm³/mol. The first-order valence-electron chi connectivity index (χ1n) is 6.14. The van der Waals surface area contributed by atoms with Crippen molar-refractivity contribution >= 4 is 11.5 Å². The van der Waals surface area contributed by atoms with Gasteiger partial charge < -0.3 is 10.2 Å². The van der Waals surface area contributed by atoms with E-state index in [0.717, 1.165) is 6.42 Å². The van der Waals surface area contributed by atoms with Crippen LogP contribution in [-0.4, -0.2) is 33.6 Å². The first-order chi connectivity index (χ1) is 9.06. The Morgan fingerprint density at radius 2 is 1.84 bits per heavy atom. The maximum Gasteiger partial charge on any atom is 0.269 e. The van der Waals surface area contributed by atoms with Gasteiger partial charge in [-0.1, -0.05) is 12.8 Å². The summed E-state index contributed by atoms with van der Waals surface area (Å²) >= 11 is 0. The summed E-state index contributed by atoms with van der Waals surface area (Å²) in [5.41, 5.74) is 0.175. The predicted octanol–water partition coefficient (Wildman–Crippen LogP) is 1.69. The van der Waals surface area contributed by atoms with Crippen LogP contribution in [0.4, 0.5) is 5.69 Å². The number of aliphatic hydroxyl groups is 2. The zero-order valence-electron chi connectivity index (χ0n) is 10.5. The number of benzene rings is 1. The third-order valence-electron chi connectivity index (χ3n) is 2.80. The van der Waals surface area contributed by atoms with Crippen LogP contribution in [0.1, 0.15) is 36.0 Å². The molecule has 1 rings (SSSR count). The highest BCUT2D eigenvalue weighted by molar-refractivity contribution is 5.99. The van der Waals surface area contributed by atoms with Crippen molar-refractivity contribution in [1.29, 1.82) is 0 Å². The van der Waals surface area contributed by atoms with Gasteiger partial charge in [-0.2, -0.15) is 0 Å². The van der Waals surface area contributed by atoms with Crippen molar-refractivity contribution in [1.82, 2.24) is 0 Å². The van der Waals surface area contributed by atoms with E-state index in [1.165, 1.54) is 24.3 Å². The van der Waals surface area contributed by atoms with Gasteiger partial charge in [0.05, 0.1) is 4.92 Å². The van der Waals surface area contributed by atoms with Crippen molar-refractivity contribution in [2.45, 2.75) is 31.8 Å². The fourth-order valence-corrected chi connectivity index (χ4v) is 1.70. The van der Waals surface area contributed by atoms with Crippen LogP contribution in [0.25, 0.3) is 0 Å². The van der Waals surface area contributed by atoms with Crippen LogP contribution in [0, 0.1) is 10.1 Å². The Balaban J connectivity index is 2.54. The molecule has 6 nitrogen and oxygen atoms in total. The van der Waals surface area contributed by atoms with E-state index in [1.807, 2.05) is 0 Å². The van der Waals surface area contributed by atoms with Crippen molar-refractivity contribution in [2.24, 2.45) is 0 Å². The lowest BCUT2D eigenvalue weighted by Crippen LogP contribution is -2.20. The van der Waals surface area contributed by atoms with E-state index in [4.69, 9.17) is 5.11 Å². The molecule has 0 radical (unpaired) electrons. The smallest absolute Gasteiger partial charge is 0.269 e. The van der Waals surface area contributed by atoms with Crippen molar-refractivity contribution in [3.63, 3.8) is 0 Å². The van der Waals surface area contributed by atoms with Gasteiger partial charge in [-0.3, -0.25) is 14.9 Å². The quantitative estimate of drug-likeness (QED) is 0.323. The molecule has 1 atom stereocenters. The normalized spacial score (nSPS) is 12.1. The van der Waals surface area contributed by atoms with Crippen LogP contribution in [0.5, 0.6) is 0 Å². The molecule has 0 saturated carbocycles. The summed E-state index contributed by atoms with van der Waals surface area (Å²) in [6.45, 7) is 0.104. The minimum atomic E-state index is -1.10. The number of ketones is 1. The molecule has 0 aliphatic heterocycles. The Kier molecular flexibility index (Phi) is 6.11. The number of hydrogen-bond acceptors (Lipinski definition) is 5. The topological polar surface area (TPSA) is 101 Å². The zero-order valence-corrected chi connectivity index (χ0v) is 10.5. The van der Waals surface area contributed by atoms with E-state index in [-0.39, 0.29) is 17.9 Å². The Bertz CT molecular complexity index is 429. The Morgan fingerprint density at radius 3 is 2.37 bits per heavy atom. The molecule has 0 aliphatic carbocycles. The number of carbonyl (C=O) groups excluding carboxylic acids is 1. The molecule has 104 valence electrons. The molecule has 0 saturated heterocycles. The standard InChI is InChI=1S/C13H17NO5/c15-9-3-1-2-4-12(16)13(17)10-5-7-11(8-6-10)14(18)19/h5-8,12,15-16H,1-4,9H2. The van der Waals surface area contributed by atoms with Gasteiger partial charge in [0.15, 0.2) is 5.78 Å². The summed E-state index contributed by atoms with van der Waals surface area (Å²) in [7, 11) is 0. The third-order valence-corrected chi connectivity index (χ3v) is 2.80. The van der Waals surface area contributed by atoms with E-state index >= 15 is 0 Å². The number of non-ortho nitro benzene ring substituents is 1. The van der Waals surface area contributed by atoms with E-state index in [2.05, 4.69) is 0 Å². The van der Waals surface area contributed by atoms with Crippen molar-refractivity contribution < 1.29 is 19.9 Å². The largest absolute Gasteiger partial charge is 0.396 e. The molecule has 1 aromatic rings. The molecule has 0 amide bonds. The maximum atomic E-state index is 11.8. The van der Waals surface area contributed by atoms with Crippen LogP contribution < -0.4 is 0 Å². The molecule has 1 aromatic carbocycles. The van der Waals surface area contributed by atoms with Gasteiger partial charge in [0, 0.05) is 24.3 Å². The van der Waals surface area contributed by atoms with Crippen LogP contribution in [-0.2, 0) is 0 Å². The lowest BCUT2D eigenvalue weighted by Gasteiger charge is -2.09. The molecule has 0 aromatic heterocycles. The maximum absolute atomic E-state index is 11.8. The molecular weight excluding hydrogens is 250 g/mol. The zero-order chi connectivity index (χ0) is 14.3. The molecule has 0 heterocycles. The summed E-state index contributed by atoms with van der Waals surface area (Å²) in [4.78, 5) is 21.7. The highest BCUT2D eigenvalue weighted by atomic mass is 16.6. The van der Waals surface area contributed by atoms with Gasteiger partial charge in [0.25, 0.3) is 5.69 Å². The Labute approximate surface area is 110 Å². The van der Waals surface area contributed by atoms with Gasteiger partial charge >= 0.3 is 0 Å². The number of carbonyl (C=O) groups is 1. The van der Waals surface area contributed by atoms with Crippen molar-refractivity contribution in [3.8, 4) is 0 Å². The minimum Gasteiger partial charge on any atom is -0.396 e. The lowest BCUT2D eigenvalue weighted by molar-refractivity contribution is -0.384. The van der Waals surface area contributed by atoms with Gasteiger partial charge in [0.2, 0.25) is 0 Å². The summed E-state index contributed by atoms with van der Waals surface area (Å²) in [5, 5.41) is 28.8. The average Bonchev–Trinajstić information content (AvgIpc) is 2.42. The SMILES string of the molecule is O=C(c1ccc([N+](=O)[O-])cc1)C(O)CCCCCO. The summed E-state index contributed by atoms with van der Waals surface area (Å²) in [6.07, 6.45) is 1.29. The number of aliphatic hydroxyl groups excluding tert-OH is 2. The average molecular weight is 267 g/mol. The third kappa shape index (κ3) is 4.76. The van der Waals surface area contributed by atoms with Crippen LogP contribution in [0.3, 0.4) is 0 Å². The van der Waals surface area contributed by atoms with E-state index in [1.54, 1.807) is 0 Å². The van der Waals surface area contributed by atoms with Crippen LogP contribution in [0.15, 0.2) is 24.3 Å². The van der Waals surface area contributed by atoms with E-state index < -0.39 is 16.8 Å². The van der Waals surface area contributed by atoms with Crippen molar-refractivity contribution in [3.05, 3.63) is 39.9 Å². The number of hydrogen-bond donors (Lipinski definition) is 2. The highest BCUT2D eigenvalue weighted by Crippen LogP contribution is 2.15. The molecule has 0 spiro atoms. The van der Waals surface area contributed by atoms with Crippen LogP contribution in [0.2, 0.25) is 0 Å². The number of nitro benzene ring substituents is 1. The number of nitro groups is 1. The second-order valence-electron chi connectivity index (χ2n) is 4.26. The van der Waals surface area contributed by atoms with Crippen LogP contribution >= 0.6 is 0 Å². The molecule has 6 heteroatoms. The molecule has 2 N–H and O–H groups in total. The Morgan fingerprint density at radius 1 is 1.21 bits per heavy atom. The van der Waals surface area contributed by atoms with Gasteiger partial charge in [-0.05, 0) is 25.0 Å². The fourth-order valence-electron chi connectivity index (χ4n) is 1.70.